The summed E-state index contributed by atoms with van der Waals surface area (Å²) < 4.78 is 26.4. The summed E-state index contributed by atoms with van der Waals surface area (Å²) in [7, 11) is 5.54. The number of nitrogens with zero attached hydrogens (tertiary/aromatic N) is 4. The van der Waals surface area contributed by atoms with E-state index >= 15 is 0 Å². The van der Waals surface area contributed by atoms with Gasteiger partial charge in [0.05, 0.1) is 43.1 Å². The van der Waals surface area contributed by atoms with Crippen LogP contribution in [0.5, 0.6) is 11.5 Å². The molecule has 1 amide bonds. The molecule has 12 nitrogen and oxygen atoms in total. The minimum atomic E-state index is -0.658. The largest absolute Gasteiger partial charge is 0.497 e. The van der Waals surface area contributed by atoms with Crippen molar-refractivity contribution in [3.63, 3.8) is 0 Å². The summed E-state index contributed by atoms with van der Waals surface area (Å²) in [6, 6.07) is 14.4. The maximum absolute atomic E-state index is 12.8. The number of nitrogens with two attached hydrogens (primary N) is 1. The lowest BCUT2D eigenvalue weighted by atomic mass is 9.76. The van der Waals surface area contributed by atoms with Crippen LogP contribution < -0.4 is 25.8 Å². The number of nitrogen functional groups attached to an aromatic ring is 1. The third-order valence-electron chi connectivity index (χ3n) is 11.7. The average molecular weight is 740 g/mol. The van der Waals surface area contributed by atoms with E-state index in [0.29, 0.717) is 42.2 Å². The second kappa shape index (κ2) is 15.0. The Morgan fingerprint density at radius 2 is 1.81 bits per heavy atom. The van der Waals surface area contributed by atoms with Crippen molar-refractivity contribution in [3.8, 4) is 11.5 Å². The number of carbonyl (C=O) groups excluding carboxylic acids is 1. The second-order valence-electron chi connectivity index (χ2n) is 16.9. The highest BCUT2D eigenvalue weighted by Crippen LogP contribution is 2.49. The zero-order chi connectivity index (χ0) is 38.4. The average Bonchev–Trinajstić information content (AvgIpc) is 3.78. The third kappa shape index (κ3) is 7.87. The van der Waals surface area contributed by atoms with E-state index in [2.05, 4.69) is 65.2 Å². The second-order valence-corrected chi connectivity index (χ2v) is 16.9. The van der Waals surface area contributed by atoms with Gasteiger partial charge in [0, 0.05) is 49.3 Å². The molecule has 3 fully saturated rings. The van der Waals surface area contributed by atoms with E-state index in [-0.39, 0.29) is 29.6 Å². The molecular formula is C42H57N7O5. The first-order valence-electron chi connectivity index (χ1n) is 19.2. The fourth-order valence-electron chi connectivity index (χ4n) is 8.57. The molecule has 7 rings (SSSR count). The van der Waals surface area contributed by atoms with Crippen molar-refractivity contribution in [2.24, 2.45) is 11.8 Å². The van der Waals surface area contributed by atoms with Gasteiger partial charge in [-0.15, -0.1) is 0 Å². The van der Waals surface area contributed by atoms with E-state index in [9.17, 15) is 4.79 Å². The molecule has 2 saturated carbocycles. The molecule has 0 unspecified atom stereocenters. The number of rotatable bonds is 13. The highest BCUT2D eigenvalue weighted by atomic mass is 16.8. The molecule has 0 radical (unpaired) electrons. The first-order chi connectivity index (χ1) is 25.7. The van der Waals surface area contributed by atoms with Gasteiger partial charge in [-0.3, -0.25) is 4.79 Å². The van der Waals surface area contributed by atoms with Crippen LogP contribution >= 0.6 is 0 Å². The summed E-state index contributed by atoms with van der Waals surface area (Å²) in [5, 5.41) is 7.49. The minimum absolute atomic E-state index is 0.00515. The molecule has 4 aromatic rings. The number of aromatic nitrogens is 3. The molecule has 2 aromatic carbocycles. The molecule has 54 heavy (non-hydrogen) atoms. The Labute approximate surface area is 319 Å². The van der Waals surface area contributed by atoms with Crippen molar-refractivity contribution in [1.82, 2.24) is 19.4 Å². The number of anilines is 3. The van der Waals surface area contributed by atoms with Gasteiger partial charge in [0.15, 0.2) is 5.79 Å². The van der Waals surface area contributed by atoms with E-state index in [4.69, 9.17) is 29.7 Å². The van der Waals surface area contributed by atoms with E-state index in [0.717, 1.165) is 71.7 Å². The van der Waals surface area contributed by atoms with Gasteiger partial charge in [-0.2, -0.15) is 0 Å². The van der Waals surface area contributed by atoms with Crippen LogP contribution in [0.2, 0.25) is 0 Å². The lowest BCUT2D eigenvalue weighted by Gasteiger charge is -2.42. The van der Waals surface area contributed by atoms with Crippen molar-refractivity contribution in [2.45, 2.75) is 109 Å². The molecule has 1 saturated heterocycles. The Hall–Kier alpha value is -4.39. The van der Waals surface area contributed by atoms with Crippen LogP contribution in [0, 0.1) is 11.8 Å². The number of amides is 1. The van der Waals surface area contributed by atoms with Crippen LogP contribution in [0.15, 0.2) is 55.0 Å². The molecule has 4 atom stereocenters. The molecule has 0 bridgehead atoms. The van der Waals surface area contributed by atoms with Crippen molar-refractivity contribution >= 4 is 34.1 Å². The van der Waals surface area contributed by atoms with Crippen molar-refractivity contribution in [2.75, 3.05) is 44.2 Å². The van der Waals surface area contributed by atoms with Crippen molar-refractivity contribution in [1.29, 1.82) is 0 Å². The lowest BCUT2D eigenvalue weighted by molar-refractivity contribution is -0.161. The molecule has 4 N–H and O–H groups in total. The highest BCUT2D eigenvalue weighted by Gasteiger charge is 2.55. The number of hydrogen-bond acceptors (Lipinski definition) is 10. The van der Waals surface area contributed by atoms with Gasteiger partial charge in [0.2, 0.25) is 5.91 Å². The summed E-state index contributed by atoms with van der Waals surface area (Å²) in [5.74, 6) is 2.47. The van der Waals surface area contributed by atoms with Crippen LogP contribution in [0.4, 0.5) is 17.2 Å². The highest BCUT2D eigenvalue weighted by molar-refractivity contribution is 5.94. The predicted molar refractivity (Wildman–Crippen MR) is 212 cm³/mol. The topological polar surface area (TPSA) is 138 Å². The molecular weight excluding hydrogens is 683 g/mol. The maximum Gasteiger partial charge on any atom is 0.224 e. The van der Waals surface area contributed by atoms with Crippen LogP contribution in [-0.2, 0) is 26.2 Å². The number of nitrogens with one attached hydrogen (secondary N) is 2. The molecule has 2 aliphatic carbocycles. The van der Waals surface area contributed by atoms with Crippen LogP contribution in [0.3, 0.4) is 0 Å². The van der Waals surface area contributed by atoms with Crippen molar-refractivity contribution in [3.05, 3.63) is 66.1 Å². The molecule has 12 heteroatoms. The quantitative estimate of drug-likeness (QED) is 0.121. The monoisotopic (exact) mass is 739 g/mol. The van der Waals surface area contributed by atoms with Gasteiger partial charge in [-0.25, -0.2) is 9.97 Å². The Morgan fingerprint density at radius 3 is 2.54 bits per heavy atom. The Balaban J connectivity index is 0.952. The predicted octanol–water partition coefficient (Wildman–Crippen LogP) is 7.15. The van der Waals surface area contributed by atoms with Crippen LogP contribution in [-0.4, -0.2) is 77.2 Å². The van der Waals surface area contributed by atoms with E-state index < -0.39 is 5.79 Å². The summed E-state index contributed by atoms with van der Waals surface area (Å²) in [6.45, 7) is 11.9. The maximum atomic E-state index is 12.8. The number of hydrogen-bond donors (Lipinski definition) is 3. The first-order valence-corrected chi connectivity index (χ1v) is 19.2. The SMILES string of the molecule is COc1ccc(CNc2ncnc3c2ccn3[C@@H]2C[C@H](CN(C)C3CC(CCC(=O)Nc4ccc(C(C)(C)C)cc4N)C3)[C@H]3OC(C)(C)O[C@H]32)c(OC)c1. The standard InChI is InChI=1S/C42H57N7O5/c1-41(2,3)28-11-13-33(32(43)20-28)47-36(50)14-9-25-17-29(18-25)48(6)23-27-19-34(38-37(27)53-42(4,5)54-38)49-16-15-31-39(45-24-46-40(31)49)44-22-26-10-12-30(51-7)21-35(26)52-8/h10-13,15-16,20-21,24-25,27,29,34,37-38H,9,14,17-19,22-23,43H2,1-8H3,(H,47,50)(H,44,45,46)/t25?,27-,29?,34-,37-,38+/m1/s1. The van der Waals surface area contributed by atoms with Crippen LogP contribution in [0.1, 0.15) is 83.9 Å². The molecule has 3 heterocycles. The summed E-state index contributed by atoms with van der Waals surface area (Å²) >= 11 is 0. The Bertz CT molecular complexity index is 1970. The molecule has 1 aliphatic heterocycles. The normalized spacial score (nSPS) is 24.7. The van der Waals surface area contributed by atoms with E-state index in [1.807, 2.05) is 50.2 Å². The van der Waals surface area contributed by atoms with Crippen molar-refractivity contribution < 1.29 is 23.7 Å². The summed E-state index contributed by atoms with van der Waals surface area (Å²) in [4.78, 5) is 24.7. The number of benzene rings is 2. The third-order valence-corrected chi connectivity index (χ3v) is 11.7. The van der Waals surface area contributed by atoms with Gasteiger partial charge in [-0.05, 0) is 93.8 Å². The Kier molecular flexibility index (Phi) is 10.6. The molecule has 3 aliphatic rings. The van der Waals surface area contributed by atoms with E-state index in [1.54, 1.807) is 20.5 Å². The molecule has 2 aromatic heterocycles. The van der Waals surface area contributed by atoms with Crippen LogP contribution in [0.25, 0.3) is 11.0 Å². The summed E-state index contributed by atoms with van der Waals surface area (Å²) in [5.41, 5.74) is 10.6. The lowest BCUT2D eigenvalue weighted by Crippen LogP contribution is -2.46. The van der Waals surface area contributed by atoms with Gasteiger partial charge < -0.3 is 44.8 Å². The van der Waals surface area contributed by atoms with Gasteiger partial charge in [0.1, 0.15) is 35.4 Å². The fourth-order valence-corrected chi connectivity index (χ4v) is 8.57. The number of methoxy groups -OCH3 is 2. The fraction of sp³-hybridized carbons (Fsp3) is 0.548. The first kappa shape index (κ1) is 37.9. The Morgan fingerprint density at radius 1 is 1.04 bits per heavy atom. The van der Waals surface area contributed by atoms with E-state index in [1.165, 1.54) is 0 Å². The van der Waals surface area contributed by atoms with Gasteiger partial charge in [0.25, 0.3) is 0 Å². The zero-order valence-corrected chi connectivity index (χ0v) is 33.0. The summed E-state index contributed by atoms with van der Waals surface area (Å²) in [6.07, 6.45) is 8.12. The smallest absolute Gasteiger partial charge is 0.224 e. The number of carbonyl (C=O) groups is 1. The molecule has 0 spiro atoms. The minimum Gasteiger partial charge on any atom is -0.497 e. The van der Waals surface area contributed by atoms with Gasteiger partial charge >= 0.3 is 0 Å². The number of fused-ring (bicyclic) bond motifs is 2. The number of ether oxygens (including phenoxy) is 4. The van der Waals surface area contributed by atoms with Gasteiger partial charge in [-0.1, -0.05) is 26.8 Å². The molecule has 290 valence electrons. The zero-order valence-electron chi connectivity index (χ0n) is 33.0.